The van der Waals surface area contributed by atoms with Crippen LogP contribution in [0.15, 0.2) is 0 Å². The van der Waals surface area contributed by atoms with E-state index in [1.54, 1.807) is 13.8 Å². The summed E-state index contributed by atoms with van der Waals surface area (Å²) in [5.74, 6) is -0.949. The number of hydrogen-bond acceptors (Lipinski definition) is 4. The molecule has 0 amide bonds. The standard InChI is InChI=1S/C12H20O4/c1-6-15-9(13)12(10(14)16-7-2)8(3)11(12,4)5/h8H,6-7H2,1-5H3. The van der Waals surface area contributed by atoms with E-state index in [4.69, 9.17) is 9.47 Å². The predicted octanol–water partition coefficient (Wildman–Crippen LogP) is 1.77. The molecule has 0 aromatic rings. The maximum Gasteiger partial charge on any atom is 0.324 e. The van der Waals surface area contributed by atoms with Crippen LogP contribution in [0.5, 0.6) is 0 Å². The number of esters is 2. The first-order valence-corrected chi connectivity index (χ1v) is 5.71. The molecule has 1 unspecified atom stereocenters. The molecule has 16 heavy (non-hydrogen) atoms. The Morgan fingerprint density at radius 3 is 1.56 bits per heavy atom. The average molecular weight is 228 g/mol. The van der Waals surface area contributed by atoms with Crippen LogP contribution in [0.4, 0.5) is 0 Å². The van der Waals surface area contributed by atoms with Crippen LogP contribution in [0.1, 0.15) is 34.6 Å². The van der Waals surface area contributed by atoms with Crippen molar-refractivity contribution in [3.8, 4) is 0 Å². The average Bonchev–Trinajstić information content (AvgIpc) is 2.63. The molecule has 0 bridgehead atoms. The lowest BCUT2D eigenvalue weighted by molar-refractivity contribution is -0.166. The van der Waals surface area contributed by atoms with Gasteiger partial charge < -0.3 is 9.47 Å². The van der Waals surface area contributed by atoms with E-state index in [-0.39, 0.29) is 24.5 Å². The molecule has 0 aliphatic heterocycles. The van der Waals surface area contributed by atoms with Crippen LogP contribution >= 0.6 is 0 Å². The highest BCUT2D eigenvalue weighted by Crippen LogP contribution is 2.69. The first-order chi connectivity index (χ1) is 7.37. The molecule has 1 saturated carbocycles. The van der Waals surface area contributed by atoms with Crippen molar-refractivity contribution in [3.05, 3.63) is 0 Å². The van der Waals surface area contributed by atoms with Gasteiger partial charge in [0.05, 0.1) is 13.2 Å². The summed E-state index contributed by atoms with van der Waals surface area (Å²) in [5, 5.41) is 0. The molecule has 1 aliphatic rings. The van der Waals surface area contributed by atoms with E-state index < -0.39 is 17.4 Å². The molecule has 0 aromatic heterocycles. The lowest BCUT2D eigenvalue weighted by Gasteiger charge is -2.16. The topological polar surface area (TPSA) is 52.6 Å². The summed E-state index contributed by atoms with van der Waals surface area (Å²) in [6.07, 6.45) is 0. The summed E-state index contributed by atoms with van der Waals surface area (Å²) in [5.41, 5.74) is -1.48. The summed E-state index contributed by atoms with van der Waals surface area (Å²) in [6, 6.07) is 0. The van der Waals surface area contributed by atoms with Crippen molar-refractivity contribution in [2.45, 2.75) is 34.6 Å². The molecule has 0 heterocycles. The molecule has 0 spiro atoms. The van der Waals surface area contributed by atoms with E-state index in [2.05, 4.69) is 0 Å². The van der Waals surface area contributed by atoms with E-state index in [9.17, 15) is 9.59 Å². The van der Waals surface area contributed by atoms with Crippen LogP contribution in [0.3, 0.4) is 0 Å². The Balaban J connectivity index is 2.98. The second-order valence-electron chi connectivity index (χ2n) is 4.69. The van der Waals surface area contributed by atoms with Crippen molar-refractivity contribution in [2.24, 2.45) is 16.7 Å². The van der Waals surface area contributed by atoms with Gasteiger partial charge in [-0.3, -0.25) is 9.59 Å². The molecule has 4 nitrogen and oxygen atoms in total. The van der Waals surface area contributed by atoms with Gasteiger partial charge in [0, 0.05) is 0 Å². The van der Waals surface area contributed by atoms with Gasteiger partial charge in [0.2, 0.25) is 0 Å². The summed E-state index contributed by atoms with van der Waals surface area (Å²) in [4.78, 5) is 23.9. The number of hydrogen-bond donors (Lipinski definition) is 0. The SMILES string of the molecule is CCOC(=O)C1(C(=O)OCC)C(C)C1(C)C. The Hall–Kier alpha value is -1.06. The fourth-order valence-electron chi connectivity index (χ4n) is 2.47. The Morgan fingerprint density at radius 2 is 1.38 bits per heavy atom. The highest BCUT2D eigenvalue weighted by atomic mass is 16.6. The third kappa shape index (κ3) is 1.43. The zero-order valence-electron chi connectivity index (χ0n) is 10.6. The lowest BCUT2D eigenvalue weighted by atomic mass is 9.96. The molecule has 1 fully saturated rings. The fourth-order valence-corrected chi connectivity index (χ4v) is 2.47. The fraction of sp³-hybridized carbons (Fsp3) is 0.833. The second-order valence-corrected chi connectivity index (χ2v) is 4.69. The van der Waals surface area contributed by atoms with Crippen molar-refractivity contribution >= 4 is 11.9 Å². The van der Waals surface area contributed by atoms with Crippen molar-refractivity contribution in [2.75, 3.05) is 13.2 Å². The lowest BCUT2D eigenvalue weighted by Crippen LogP contribution is -2.34. The van der Waals surface area contributed by atoms with E-state index in [1.165, 1.54) is 0 Å². The maximum absolute atomic E-state index is 11.9. The largest absolute Gasteiger partial charge is 0.465 e. The van der Waals surface area contributed by atoms with Crippen molar-refractivity contribution in [1.82, 2.24) is 0 Å². The first kappa shape index (κ1) is 13.0. The molecule has 0 N–H and O–H groups in total. The van der Waals surface area contributed by atoms with Gasteiger partial charge in [0.25, 0.3) is 0 Å². The van der Waals surface area contributed by atoms with Crippen LogP contribution in [-0.2, 0) is 19.1 Å². The van der Waals surface area contributed by atoms with Gasteiger partial charge in [-0.05, 0) is 25.2 Å². The van der Waals surface area contributed by atoms with Gasteiger partial charge in [-0.15, -0.1) is 0 Å². The Morgan fingerprint density at radius 1 is 1.06 bits per heavy atom. The summed E-state index contributed by atoms with van der Waals surface area (Å²) >= 11 is 0. The number of ether oxygens (including phenoxy) is 2. The molecule has 1 rings (SSSR count). The number of rotatable bonds is 4. The van der Waals surface area contributed by atoms with Crippen molar-refractivity contribution in [1.29, 1.82) is 0 Å². The van der Waals surface area contributed by atoms with E-state index in [0.29, 0.717) is 0 Å². The van der Waals surface area contributed by atoms with Gasteiger partial charge in [-0.25, -0.2) is 0 Å². The first-order valence-electron chi connectivity index (χ1n) is 5.71. The van der Waals surface area contributed by atoms with Gasteiger partial charge in [-0.1, -0.05) is 20.8 Å². The van der Waals surface area contributed by atoms with Gasteiger partial charge in [0.15, 0.2) is 5.41 Å². The third-order valence-electron chi connectivity index (χ3n) is 3.86. The zero-order valence-corrected chi connectivity index (χ0v) is 10.6. The van der Waals surface area contributed by atoms with Crippen molar-refractivity contribution in [3.63, 3.8) is 0 Å². The second kappa shape index (κ2) is 4.07. The molecular weight excluding hydrogens is 208 g/mol. The molecule has 0 saturated heterocycles. The summed E-state index contributed by atoms with van der Waals surface area (Å²) in [7, 11) is 0. The normalized spacial score (nSPS) is 24.7. The minimum atomic E-state index is -1.10. The van der Waals surface area contributed by atoms with Gasteiger partial charge in [-0.2, -0.15) is 0 Å². The molecule has 1 aliphatic carbocycles. The Labute approximate surface area is 96.3 Å². The smallest absolute Gasteiger partial charge is 0.324 e. The van der Waals surface area contributed by atoms with Gasteiger partial charge in [0.1, 0.15) is 0 Å². The minimum absolute atomic E-state index is 0.0434. The van der Waals surface area contributed by atoms with E-state index in [0.717, 1.165) is 0 Å². The van der Waals surface area contributed by atoms with Crippen LogP contribution < -0.4 is 0 Å². The van der Waals surface area contributed by atoms with Crippen LogP contribution in [0.25, 0.3) is 0 Å². The van der Waals surface area contributed by atoms with E-state index >= 15 is 0 Å². The number of carbonyl (C=O) groups excluding carboxylic acids is 2. The quantitative estimate of drug-likeness (QED) is 0.543. The molecule has 92 valence electrons. The highest BCUT2D eigenvalue weighted by Gasteiger charge is 2.79. The highest BCUT2D eigenvalue weighted by molar-refractivity contribution is 6.05. The minimum Gasteiger partial charge on any atom is -0.465 e. The molecule has 4 heteroatoms. The Kier molecular flexibility index (Phi) is 3.31. The molecule has 0 aromatic carbocycles. The number of carbonyl (C=O) groups is 2. The molecular formula is C12H20O4. The third-order valence-corrected chi connectivity index (χ3v) is 3.86. The van der Waals surface area contributed by atoms with Crippen LogP contribution in [0.2, 0.25) is 0 Å². The van der Waals surface area contributed by atoms with Gasteiger partial charge >= 0.3 is 11.9 Å². The molecule has 0 radical (unpaired) electrons. The van der Waals surface area contributed by atoms with Crippen molar-refractivity contribution < 1.29 is 19.1 Å². The molecule has 1 atom stereocenters. The zero-order chi connectivity index (χ0) is 12.6. The Bertz CT molecular complexity index is 288. The van der Waals surface area contributed by atoms with E-state index in [1.807, 2.05) is 20.8 Å². The summed E-state index contributed by atoms with van der Waals surface area (Å²) in [6.45, 7) is 9.70. The monoisotopic (exact) mass is 228 g/mol. The predicted molar refractivity (Wildman–Crippen MR) is 58.6 cm³/mol. The maximum atomic E-state index is 11.9. The van der Waals surface area contributed by atoms with Crippen LogP contribution in [0, 0.1) is 16.7 Å². The van der Waals surface area contributed by atoms with Crippen LogP contribution in [-0.4, -0.2) is 25.2 Å². The summed E-state index contributed by atoms with van der Waals surface area (Å²) < 4.78 is 10.0.